The zero-order valence-corrected chi connectivity index (χ0v) is 20.5. The summed E-state index contributed by atoms with van der Waals surface area (Å²) in [7, 11) is 3.50. The van der Waals surface area contributed by atoms with Crippen LogP contribution in [-0.2, 0) is 11.3 Å². The molecule has 6 nitrogen and oxygen atoms in total. The van der Waals surface area contributed by atoms with Gasteiger partial charge in [0.1, 0.15) is 6.54 Å². The fourth-order valence-corrected chi connectivity index (χ4v) is 3.14. The first-order valence-electron chi connectivity index (χ1n) is 9.45. The number of thiophene rings is 1. The predicted octanol–water partition coefficient (Wildman–Crippen LogP) is 3.00. The van der Waals surface area contributed by atoms with E-state index >= 15 is 0 Å². The summed E-state index contributed by atoms with van der Waals surface area (Å²) >= 11 is 1.71. The van der Waals surface area contributed by atoms with Crippen LogP contribution in [0, 0.1) is 0 Å². The summed E-state index contributed by atoms with van der Waals surface area (Å²) < 4.78 is 0. The molecule has 1 heterocycles. The molecular formula is C19H36IN5OS. The van der Waals surface area contributed by atoms with E-state index in [1.165, 1.54) is 4.88 Å². The van der Waals surface area contributed by atoms with E-state index in [0.29, 0.717) is 18.5 Å². The third-order valence-corrected chi connectivity index (χ3v) is 5.15. The van der Waals surface area contributed by atoms with Gasteiger partial charge in [-0.1, -0.05) is 19.9 Å². The molecule has 0 saturated carbocycles. The molecule has 156 valence electrons. The number of amides is 1. The van der Waals surface area contributed by atoms with E-state index in [4.69, 9.17) is 0 Å². The molecule has 1 atom stereocenters. The standard InChI is InChI=1S/C19H35N5OS.HI/c1-6-24(7-2)12-8-10-16(3)22-19(21-15-18(25)23(4)5)20-14-17-11-9-13-26-17;/h9,11,13,16H,6-8,10,12,14-15H2,1-5H3,(H2,20,21,22);1H. The van der Waals surface area contributed by atoms with Gasteiger partial charge in [-0.15, -0.1) is 35.3 Å². The van der Waals surface area contributed by atoms with Gasteiger partial charge in [-0.3, -0.25) is 4.79 Å². The van der Waals surface area contributed by atoms with Gasteiger partial charge in [-0.25, -0.2) is 4.99 Å². The highest BCUT2D eigenvalue weighted by Gasteiger charge is 2.09. The molecule has 27 heavy (non-hydrogen) atoms. The van der Waals surface area contributed by atoms with Crippen LogP contribution in [0.1, 0.15) is 38.5 Å². The lowest BCUT2D eigenvalue weighted by atomic mass is 10.2. The van der Waals surface area contributed by atoms with Crippen molar-refractivity contribution in [2.75, 3.05) is 40.3 Å². The topological polar surface area (TPSA) is 60.0 Å². The van der Waals surface area contributed by atoms with Crippen molar-refractivity contribution in [3.05, 3.63) is 22.4 Å². The first-order valence-corrected chi connectivity index (χ1v) is 10.3. The molecule has 1 aromatic rings. The second-order valence-electron chi connectivity index (χ2n) is 6.60. The van der Waals surface area contributed by atoms with Gasteiger partial charge < -0.3 is 20.4 Å². The fraction of sp³-hybridized carbons (Fsp3) is 0.684. The predicted molar refractivity (Wildman–Crippen MR) is 127 cm³/mol. The molecule has 1 rings (SSSR count). The molecule has 0 radical (unpaired) electrons. The van der Waals surface area contributed by atoms with Gasteiger partial charge in [-0.05, 0) is 50.8 Å². The van der Waals surface area contributed by atoms with Crippen LogP contribution in [0.25, 0.3) is 0 Å². The summed E-state index contributed by atoms with van der Waals surface area (Å²) in [6.45, 7) is 10.7. The second kappa shape index (κ2) is 15.1. The molecule has 0 aromatic carbocycles. The van der Waals surface area contributed by atoms with Crippen LogP contribution in [0.3, 0.4) is 0 Å². The highest BCUT2D eigenvalue weighted by molar-refractivity contribution is 14.0. The van der Waals surface area contributed by atoms with Gasteiger partial charge in [0.15, 0.2) is 5.96 Å². The molecule has 0 aliphatic rings. The molecule has 0 spiro atoms. The largest absolute Gasteiger partial charge is 0.354 e. The number of carbonyl (C=O) groups is 1. The van der Waals surface area contributed by atoms with Gasteiger partial charge in [0, 0.05) is 25.0 Å². The molecule has 1 unspecified atom stereocenters. The summed E-state index contributed by atoms with van der Waals surface area (Å²) in [5, 5.41) is 8.84. The zero-order valence-electron chi connectivity index (χ0n) is 17.3. The van der Waals surface area contributed by atoms with E-state index < -0.39 is 0 Å². The summed E-state index contributed by atoms with van der Waals surface area (Å²) in [4.78, 5) is 21.5. The number of carbonyl (C=O) groups excluding carboxylic acids is 1. The highest BCUT2D eigenvalue weighted by atomic mass is 127. The first-order chi connectivity index (χ1) is 12.5. The summed E-state index contributed by atoms with van der Waals surface area (Å²) in [6, 6.07) is 4.43. The van der Waals surface area contributed by atoms with Gasteiger partial charge >= 0.3 is 0 Å². The van der Waals surface area contributed by atoms with Crippen LogP contribution in [-0.4, -0.2) is 68.0 Å². The Morgan fingerprint density at radius 3 is 2.56 bits per heavy atom. The fourth-order valence-electron chi connectivity index (χ4n) is 2.49. The van der Waals surface area contributed by atoms with Crippen LogP contribution in [0.2, 0.25) is 0 Å². The molecule has 2 N–H and O–H groups in total. The monoisotopic (exact) mass is 509 g/mol. The maximum absolute atomic E-state index is 11.8. The Kier molecular flexibility index (Phi) is 14.6. The van der Waals surface area contributed by atoms with Crippen molar-refractivity contribution in [3.63, 3.8) is 0 Å². The number of hydrogen-bond donors (Lipinski definition) is 2. The number of nitrogens with zero attached hydrogens (tertiary/aromatic N) is 3. The van der Waals surface area contributed by atoms with Crippen LogP contribution in [0.4, 0.5) is 0 Å². The molecular weight excluding hydrogens is 473 g/mol. The van der Waals surface area contributed by atoms with Crippen molar-refractivity contribution in [1.82, 2.24) is 20.4 Å². The smallest absolute Gasteiger partial charge is 0.243 e. The number of aliphatic imine (C=N–C) groups is 1. The molecule has 0 saturated heterocycles. The minimum Gasteiger partial charge on any atom is -0.354 e. The summed E-state index contributed by atoms with van der Waals surface area (Å²) in [6.07, 6.45) is 2.21. The highest BCUT2D eigenvalue weighted by Crippen LogP contribution is 2.07. The van der Waals surface area contributed by atoms with Gasteiger partial charge in [-0.2, -0.15) is 0 Å². The average molecular weight is 510 g/mol. The maximum atomic E-state index is 11.8. The molecule has 1 amide bonds. The van der Waals surface area contributed by atoms with Crippen molar-refractivity contribution in [2.45, 2.75) is 46.2 Å². The van der Waals surface area contributed by atoms with Gasteiger partial charge in [0.2, 0.25) is 5.91 Å². The number of guanidine groups is 1. The first kappa shape index (κ1) is 26.1. The number of rotatable bonds is 11. The quantitative estimate of drug-likeness (QED) is 0.274. The van der Waals surface area contributed by atoms with Crippen LogP contribution < -0.4 is 10.6 Å². The maximum Gasteiger partial charge on any atom is 0.243 e. The van der Waals surface area contributed by atoms with Gasteiger partial charge in [0.05, 0.1) is 6.54 Å². The van der Waals surface area contributed by atoms with Crippen molar-refractivity contribution >= 4 is 47.2 Å². The second-order valence-corrected chi connectivity index (χ2v) is 7.63. The summed E-state index contributed by atoms with van der Waals surface area (Å²) in [5.74, 6) is 0.695. The minimum absolute atomic E-state index is 0. The van der Waals surface area contributed by atoms with Gasteiger partial charge in [0.25, 0.3) is 0 Å². The lowest BCUT2D eigenvalue weighted by Crippen LogP contribution is -2.43. The summed E-state index contributed by atoms with van der Waals surface area (Å²) in [5.41, 5.74) is 0. The number of halogens is 1. The third kappa shape index (κ3) is 11.5. The van der Waals surface area contributed by atoms with Crippen molar-refractivity contribution in [2.24, 2.45) is 4.99 Å². The van der Waals surface area contributed by atoms with E-state index in [0.717, 1.165) is 32.5 Å². The molecule has 8 heteroatoms. The Bertz CT molecular complexity index is 532. The molecule has 0 fully saturated rings. The molecule has 0 aliphatic carbocycles. The molecule has 0 aliphatic heterocycles. The Morgan fingerprint density at radius 1 is 1.30 bits per heavy atom. The van der Waals surface area contributed by atoms with E-state index in [-0.39, 0.29) is 36.4 Å². The average Bonchev–Trinajstić information content (AvgIpc) is 3.14. The van der Waals surface area contributed by atoms with E-state index in [9.17, 15) is 4.79 Å². The minimum atomic E-state index is -0.00332. The lowest BCUT2D eigenvalue weighted by molar-refractivity contribution is -0.127. The molecule has 0 bridgehead atoms. The lowest BCUT2D eigenvalue weighted by Gasteiger charge is -2.21. The van der Waals surface area contributed by atoms with Crippen molar-refractivity contribution < 1.29 is 4.79 Å². The zero-order chi connectivity index (χ0) is 19.4. The molecule has 1 aromatic heterocycles. The number of hydrogen-bond acceptors (Lipinski definition) is 4. The van der Waals surface area contributed by atoms with E-state index in [2.05, 4.69) is 52.7 Å². The number of nitrogens with one attached hydrogen (secondary N) is 2. The van der Waals surface area contributed by atoms with Crippen LogP contribution in [0.5, 0.6) is 0 Å². The Labute approximate surface area is 185 Å². The Morgan fingerprint density at radius 2 is 2.00 bits per heavy atom. The Hall–Kier alpha value is -0.870. The Balaban J connectivity index is 0.00000676. The normalized spacial score (nSPS) is 12.4. The van der Waals surface area contributed by atoms with E-state index in [1.54, 1.807) is 30.3 Å². The number of likely N-dealkylation sites (N-methyl/N-ethyl adjacent to an activating group) is 1. The van der Waals surface area contributed by atoms with Crippen LogP contribution >= 0.6 is 35.3 Å². The third-order valence-electron chi connectivity index (χ3n) is 4.27. The van der Waals surface area contributed by atoms with Crippen LogP contribution in [0.15, 0.2) is 22.5 Å². The van der Waals surface area contributed by atoms with Crippen molar-refractivity contribution in [1.29, 1.82) is 0 Å². The van der Waals surface area contributed by atoms with E-state index in [1.807, 2.05) is 6.07 Å². The van der Waals surface area contributed by atoms with Crippen molar-refractivity contribution in [3.8, 4) is 0 Å². The SMILES string of the molecule is CCN(CC)CCCC(C)NC(=NCC(=O)N(C)C)NCc1cccs1.I.